The Labute approximate surface area is 124 Å². The molecule has 3 nitrogen and oxygen atoms in total. The van der Waals surface area contributed by atoms with E-state index in [0.29, 0.717) is 18.8 Å². The number of allylic oxidation sites excluding steroid dienone is 1. The van der Waals surface area contributed by atoms with Crippen LogP contribution in [0, 0.1) is 0 Å². The Morgan fingerprint density at radius 1 is 1.19 bits per heavy atom. The first-order valence-corrected chi connectivity index (χ1v) is 6.78. The number of carbonyl (C=O) groups excluding carboxylic acids is 1. The van der Waals surface area contributed by atoms with Crippen molar-refractivity contribution >= 4 is 5.97 Å². The molecule has 2 aromatic carbocycles. The topological polar surface area (TPSA) is 35.5 Å². The maximum atomic E-state index is 11.1. The fraction of sp³-hybridized carbons (Fsp3) is 0.167. The molecule has 0 saturated carbocycles. The molecule has 0 aliphatic rings. The summed E-state index contributed by atoms with van der Waals surface area (Å²) < 4.78 is 10.9. The zero-order chi connectivity index (χ0) is 15.1. The van der Waals surface area contributed by atoms with Gasteiger partial charge in [0.15, 0.2) is 0 Å². The molecular formula is C18H18O3. The Morgan fingerprint density at radius 3 is 2.62 bits per heavy atom. The second kappa shape index (κ2) is 7.29. The van der Waals surface area contributed by atoms with E-state index in [2.05, 4.69) is 6.58 Å². The molecule has 0 aromatic heterocycles. The zero-order valence-corrected chi connectivity index (χ0v) is 12.0. The van der Waals surface area contributed by atoms with Gasteiger partial charge >= 0.3 is 5.97 Å². The summed E-state index contributed by atoms with van der Waals surface area (Å²) in [7, 11) is 0. The van der Waals surface area contributed by atoms with E-state index in [-0.39, 0.29) is 5.97 Å². The fourth-order valence-corrected chi connectivity index (χ4v) is 1.96. The average molecular weight is 282 g/mol. The van der Waals surface area contributed by atoms with Crippen LogP contribution in [0.2, 0.25) is 0 Å². The highest BCUT2D eigenvalue weighted by Crippen LogP contribution is 2.26. The van der Waals surface area contributed by atoms with Crippen molar-refractivity contribution in [1.29, 1.82) is 0 Å². The standard InChI is InChI=1S/C18H18O3/c1-3-7-16-12-17(10-11-18(16)21-14(2)19)20-13-15-8-5-4-6-9-15/h3-6,8-12H,1,7,13H2,2H3. The van der Waals surface area contributed by atoms with Crippen molar-refractivity contribution < 1.29 is 14.3 Å². The van der Waals surface area contributed by atoms with Gasteiger partial charge in [-0.25, -0.2) is 0 Å². The van der Waals surface area contributed by atoms with Gasteiger partial charge in [0, 0.05) is 12.5 Å². The van der Waals surface area contributed by atoms with Gasteiger partial charge in [0.1, 0.15) is 18.1 Å². The zero-order valence-electron chi connectivity index (χ0n) is 12.0. The lowest BCUT2D eigenvalue weighted by Crippen LogP contribution is -2.04. The molecule has 0 atom stereocenters. The molecule has 0 saturated heterocycles. The van der Waals surface area contributed by atoms with Crippen LogP contribution in [-0.2, 0) is 17.8 Å². The Morgan fingerprint density at radius 2 is 1.95 bits per heavy atom. The molecule has 0 bridgehead atoms. The maximum absolute atomic E-state index is 11.1. The molecule has 0 spiro atoms. The van der Waals surface area contributed by atoms with Gasteiger partial charge in [-0.2, -0.15) is 0 Å². The summed E-state index contributed by atoms with van der Waals surface area (Å²) in [6.45, 7) is 5.61. The first-order chi connectivity index (χ1) is 10.2. The third-order valence-corrected chi connectivity index (χ3v) is 2.90. The van der Waals surface area contributed by atoms with Crippen molar-refractivity contribution in [1.82, 2.24) is 0 Å². The van der Waals surface area contributed by atoms with Crippen LogP contribution in [0.1, 0.15) is 18.1 Å². The molecule has 0 fully saturated rings. The van der Waals surface area contributed by atoms with Gasteiger partial charge in [-0.3, -0.25) is 4.79 Å². The second-order valence-corrected chi connectivity index (χ2v) is 4.63. The van der Waals surface area contributed by atoms with Gasteiger partial charge in [0.2, 0.25) is 0 Å². The van der Waals surface area contributed by atoms with Gasteiger partial charge in [-0.05, 0) is 30.2 Å². The van der Waals surface area contributed by atoms with Crippen LogP contribution in [0.25, 0.3) is 0 Å². The number of hydrogen-bond acceptors (Lipinski definition) is 3. The predicted octanol–water partition coefficient (Wildman–Crippen LogP) is 3.92. The third-order valence-electron chi connectivity index (χ3n) is 2.90. The van der Waals surface area contributed by atoms with E-state index < -0.39 is 0 Å². The number of carbonyl (C=O) groups is 1. The van der Waals surface area contributed by atoms with Crippen LogP contribution < -0.4 is 9.47 Å². The lowest BCUT2D eigenvalue weighted by molar-refractivity contribution is -0.131. The van der Waals surface area contributed by atoms with Crippen LogP contribution in [0.15, 0.2) is 61.2 Å². The number of esters is 1. The molecule has 0 radical (unpaired) electrons. The van der Waals surface area contributed by atoms with Crippen LogP contribution >= 0.6 is 0 Å². The van der Waals surface area contributed by atoms with Crippen molar-refractivity contribution in [3.8, 4) is 11.5 Å². The Hall–Kier alpha value is -2.55. The largest absolute Gasteiger partial charge is 0.489 e. The van der Waals surface area contributed by atoms with Crippen molar-refractivity contribution in [2.24, 2.45) is 0 Å². The van der Waals surface area contributed by atoms with E-state index in [4.69, 9.17) is 9.47 Å². The molecule has 0 aliphatic carbocycles. The molecule has 2 aromatic rings. The quantitative estimate of drug-likeness (QED) is 0.457. The smallest absolute Gasteiger partial charge is 0.308 e. The third kappa shape index (κ3) is 4.49. The van der Waals surface area contributed by atoms with E-state index in [9.17, 15) is 4.79 Å². The first kappa shape index (κ1) is 14.9. The molecule has 0 unspecified atom stereocenters. The van der Waals surface area contributed by atoms with Crippen LogP contribution in [0.3, 0.4) is 0 Å². The van der Waals surface area contributed by atoms with E-state index in [0.717, 1.165) is 16.9 Å². The van der Waals surface area contributed by atoms with Crippen molar-refractivity contribution in [2.75, 3.05) is 0 Å². The van der Waals surface area contributed by atoms with Gasteiger partial charge in [0.25, 0.3) is 0 Å². The van der Waals surface area contributed by atoms with Crippen molar-refractivity contribution in [3.63, 3.8) is 0 Å². The highest BCUT2D eigenvalue weighted by atomic mass is 16.5. The van der Waals surface area contributed by atoms with E-state index in [1.165, 1.54) is 6.92 Å². The summed E-state index contributed by atoms with van der Waals surface area (Å²) in [6, 6.07) is 15.4. The number of hydrogen-bond donors (Lipinski definition) is 0. The molecule has 0 heterocycles. The van der Waals surface area contributed by atoms with Crippen LogP contribution in [0.5, 0.6) is 11.5 Å². The van der Waals surface area contributed by atoms with Crippen molar-refractivity contribution in [2.45, 2.75) is 20.0 Å². The monoisotopic (exact) mass is 282 g/mol. The lowest BCUT2D eigenvalue weighted by Gasteiger charge is -2.11. The molecular weight excluding hydrogens is 264 g/mol. The highest BCUT2D eigenvalue weighted by molar-refractivity contribution is 5.70. The van der Waals surface area contributed by atoms with E-state index in [1.807, 2.05) is 36.4 Å². The van der Waals surface area contributed by atoms with Gasteiger partial charge in [-0.15, -0.1) is 6.58 Å². The summed E-state index contributed by atoms with van der Waals surface area (Å²) in [4.78, 5) is 11.1. The van der Waals surface area contributed by atoms with Crippen molar-refractivity contribution in [3.05, 3.63) is 72.3 Å². The number of ether oxygens (including phenoxy) is 2. The lowest BCUT2D eigenvalue weighted by atomic mass is 10.1. The van der Waals surface area contributed by atoms with Gasteiger partial charge < -0.3 is 9.47 Å². The SMILES string of the molecule is C=CCc1cc(OCc2ccccc2)ccc1OC(C)=O. The molecule has 108 valence electrons. The Bertz CT molecular complexity index is 618. The molecule has 2 rings (SSSR count). The van der Waals surface area contributed by atoms with Gasteiger partial charge in [0.05, 0.1) is 0 Å². The fourth-order valence-electron chi connectivity index (χ4n) is 1.96. The molecule has 0 amide bonds. The molecule has 3 heteroatoms. The molecule has 0 N–H and O–H groups in total. The minimum absolute atomic E-state index is 0.335. The maximum Gasteiger partial charge on any atom is 0.308 e. The minimum atomic E-state index is -0.335. The summed E-state index contributed by atoms with van der Waals surface area (Å²) in [5, 5.41) is 0. The number of benzene rings is 2. The Balaban J connectivity index is 2.11. The summed E-state index contributed by atoms with van der Waals surface area (Å²) in [5.41, 5.74) is 1.98. The summed E-state index contributed by atoms with van der Waals surface area (Å²) in [5.74, 6) is 0.958. The van der Waals surface area contributed by atoms with Crippen LogP contribution in [-0.4, -0.2) is 5.97 Å². The number of rotatable bonds is 6. The first-order valence-electron chi connectivity index (χ1n) is 6.78. The summed E-state index contributed by atoms with van der Waals surface area (Å²) >= 11 is 0. The summed E-state index contributed by atoms with van der Waals surface area (Å²) in [6.07, 6.45) is 2.38. The van der Waals surface area contributed by atoms with Gasteiger partial charge in [-0.1, -0.05) is 36.4 Å². The Kier molecular flexibility index (Phi) is 5.16. The molecule has 21 heavy (non-hydrogen) atoms. The minimum Gasteiger partial charge on any atom is -0.489 e. The molecule has 0 aliphatic heterocycles. The van der Waals surface area contributed by atoms with Crippen LogP contribution in [0.4, 0.5) is 0 Å². The predicted molar refractivity (Wildman–Crippen MR) is 82.4 cm³/mol. The highest BCUT2D eigenvalue weighted by Gasteiger charge is 2.07. The van der Waals surface area contributed by atoms with E-state index >= 15 is 0 Å². The average Bonchev–Trinajstić information content (AvgIpc) is 2.48. The van der Waals surface area contributed by atoms with E-state index in [1.54, 1.807) is 18.2 Å². The second-order valence-electron chi connectivity index (χ2n) is 4.63. The normalized spacial score (nSPS) is 9.95.